The van der Waals surface area contributed by atoms with Crippen LogP contribution in [0.2, 0.25) is 0 Å². The second-order valence-electron chi connectivity index (χ2n) is 6.16. The molecule has 1 aliphatic heterocycles. The molecule has 0 saturated carbocycles. The summed E-state index contributed by atoms with van der Waals surface area (Å²) in [4.78, 5) is 20.4. The summed E-state index contributed by atoms with van der Waals surface area (Å²) in [6.07, 6.45) is 3.48. The number of amides is 2. The van der Waals surface area contributed by atoms with Gasteiger partial charge in [-0.2, -0.15) is 0 Å². The molecule has 20 heavy (non-hydrogen) atoms. The number of urea groups is 1. The van der Waals surface area contributed by atoms with Crippen molar-refractivity contribution in [1.82, 2.24) is 20.1 Å². The van der Waals surface area contributed by atoms with Gasteiger partial charge in [0.1, 0.15) is 0 Å². The number of pyridine rings is 1. The van der Waals surface area contributed by atoms with Crippen molar-refractivity contribution in [3.05, 3.63) is 30.1 Å². The van der Waals surface area contributed by atoms with Crippen LogP contribution in [0.4, 0.5) is 4.79 Å². The molecule has 0 atom stereocenters. The number of nitrogens with zero attached hydrogens (tertiary/aromatic N) is 3. The monoisotopic (exact) mass is 276 g/mol. The van der Waals surface area contributed by atoms with Crippen molar-refractivity contribution in [1.29, 1.82) is 0 Å². The van der Waals surface area contributed by atoms with E-state index in [0.29, 0.717) is 6.54 Å². The zero-order valence-electron chi connectivity index (χ0n) is 12.6. The van der Waals surface area contributed by atoms with Crippen molar-refractivity contribution in [3.63, 3.8) is 0 Å². The lowest BCUT2D eigenvalue weighted by Gasteiger charge is -2.42. The minimum atomic E-state index is 0.0235. The molecule has 2 amide bonds. The maximum Gasteiger partial charge on any atom is 0.317 e. The zero-order valence-corrected chi connectivity index (χ0v) is 12.6. The van der Waals surface area contributed by atoms with Crippen LogP contribution in [-0.4, -0.2) is 52.5 Å². The van der Waals surface area contributed by atoms with Crippen LogP contribution in [0.5, 0.6) is 0 Å². The zero-order chi connectivity index (χ0) is 14.6. The number of hydrogen-bond donors (Lipinski definition) is 1. The molecule has 1 saturated heterocycles. The molecular weight excluding hydrogens is 252 g/mol. The van der Waals surface area contributed by atoms with E-state index in [1.54, 1.807) is 12.4 Å². The van der Waals surface area contributed by atoms with E-state index in [0.717, 1.165) is 31.7 Å². The summed E-state index contributed by atoms with van der Waals surface area (Å²) >= 11 is 0. The van der Waals surface area contributed by atoms with Crippen LogP contribution in [0.25, 0.3) is 0 Å². The average molecular weight is 276 g/mol. The highest BCUT2D eigenvalue weighted by molar-refractivity contribution is 5.74. The first-order valence-electron chi connectivity index (χ1n) is 7.13. The normalized spacial score (nSPS) is 17.1. The van der Waals surface area contributed by atoms with Crippen LogP contribution in [0.1, 0.15) is 26.3 Å². The Morgan fingerprint density at radius 2 is 1.80 bits per heavy atom. The first-order valence-corrected chi connectivity index (χ1v) is 7.13. The van der Waals surface area contributed by atoms with Crippen LogP contribution < -0.4 is 5.32 Å². The lowest BCUT2D eigenvalue weighted by molar-refractivity contribution is 0.0742. The Labute approximate surface area is 121 Å². The van der Waals surface area contributed by atoms with Crippen LogP contribution >= 0.6 is 0 Å². The van der Waals surface area contributed by atoms with Crippen molar-refractivity contribution < 1.29 is 4.79 Å². The van der Waals surface area contributed by atoms with Gasteiger partial charge in [0, 0.05) is 50.7 Å². The Bertz CT molecular complexity index is 433. The highest BCUT2D eigenvalue weighted by Gasteiger charge is 2.27. The Morgan fingerprint density at radius 1 is 1.20 bits per heavy atom. The van der Waals surface area contributed by atoms with E-state index < -0.39 is 0 Å². The van der Waals surface area contributed by atoms with Gasteiger partial charge in [0.15, 0.2) is 0 Å². The van der Waals surface area contributed by atoms with E-state index in [1.165, 1.54) is 0 Å². The third-order valence-corrected chi connectivity index (χ3v) is 3.71. The first kappa shape index (κ1) is 14.8. The molecule has 5 nitrogen and oxygen atoms in total. The lowest BCUT2D eigenvalue weighted by Crippen LogP contribution is -2.56. The molecule has 0 aliphatic carbocycles. The Balaban J connectivity index is 1.78. The van der Waals surface area contributed by atoms with Gasteiger partial charge in [-0.15, -0.1) is 0 Å². The maximum absolute atomic E-state index is 12.1. The number of rotatable bonds is 2. The average Bonchev–Trinajstić information content (AvgIpc) is 2.45. The van der Waals surface area contributed by atoms with Crippen LogP contribution in [0.15, 0.2) is 24.5 Å². The summed E-state index contributed by atoms with van der Waals surface area (Å²) in [5.74, 6) is 0. The number of hydrogen-bond acceptors (Lipinski definition) is 3. The highest BCUT2D eigenvalue weighted by Crippen LogP contribution is 2.15. The van der Waals surface area contributed by atoms with Crippen LogP contribution in [-0.2, 0) is 6.54 Å². The molecule has 2 heterocycles. The summed E-state index contributed by atoms with van der Waals surface area (Å²) in [6, 6.07) is 3.85. The van der Waals surface area contributed by atoms with Gasteiger partial charge in [0.2, 0.25) is 0 Å². The molecular formula is C15H24N4O. The van der Waals surface area contributed by atoms with Crippen molar-refractivity contribution in [3.8, 4) is 0 Å². The molecule has 0 bridgehead atoms. The summed E-state index contributed by atoms with van der Waals surface area (Å²) in [5.41, 5.74) is 1.25. The predicted molar refractivity (Wildman–Crippen MR) is 79.4 cm³/mol. The van der Waals surface area contributed by atoms with Gasteiger partial charge in [-0.1, -0.05) is 0 Å². The molecule has 5 heteroatoms. The molecule has 1 aliphatic rings. The largest absolute Gasteiger partial charge is 0.334 e. The number of nitrogens with one attached hydrogen (secondary N) is 1. The van der Waals surface area contributed by atoms with Crippen molar-refractivity contribution in [2.45, 2.75) is 32.9 Å². The molecule has 0 unspecified atom stereocenters. The molecule has 1 fully saturated rings. The second-order valence-corrected chi connectivity index (χ2v) is 6.16. The fraction of sp³-hybridized carbons (Fsp3) is 0.600. The lowest BCUT2D eigenvalue weighted by atomic mass is 10.1. The number of carbonyl (C=O) groups is 1. The molecule has 0 aromatic carbocycles. The third-order valence-electron chi connectivity index (χ3n) is 3.71. The van der Waals surface area contributed by atoms with E-state index in [1.807, 2.05) is 17.0 Å². The van der Waals surface area contributed by atoms with Crippen LogP contribution in [0, 0.1) is 0 Å². The van der Waals surface area contributed by atoms with Gasteiger partial charge >= 0.3 is 6.03 Å². The maximum atomic E-state index is 12.1. The van der Waals surface area contributed by atoms with E-state index in [9.17, 15) is 4.79 Å². The fourth-order valence-corrected chi connectivity index (χ4v) is 2.37. The Kier molecular flexibility index (Phi) is 4.60. The van der Waals surface area contributed by atoms with E-state index in [4.69, 9.17) is 0 Å². The Hall–Kier alpha value is -1.62. The molecule has 1 aromatic heterocycles. The first-order chi connectivity index (χ1) is 9.47. The summed E-state index contributed by atoms with van der Waals surface area (Å²) in [7, 11) is 0. The van der Waals surface area contributed by atoms with Crippen LogP contribution in [0.3, 0.4) is 0 Å². The minimum Gasteiger partial charge on any atom is -0.334 e. The van der Waals surface area contributed by atoms with Gasteiger partial charge in [-0.3, -0.25) is 9.88 Å². The number of carbonyl (C=O) groups excluding carboxylic acids is 1. The van der Waals surface area contributed by atoms with Gasteiger partial charge < -0.3 is 10.2 Å². The van der Waals surface area contributed by atoms with Gasteiger partial charge in [-0.25, -0.2) is 4.79 Å². The van der Waals surface area contributed by atoms with E-state index >= 15 is 0 Å². The summed E-state index contributed by atoms with van der Waals surface area (Å²) in [5, 5.41) is 2.96. The Morgan fingerprint density at radius 3 is 2.35 bits per heavy atom. The minimum absolute atomic E-state index is 0.0235. The third kappa shape index (κ3) is 3.93. The summed E-state index contributed by atoms with van der Waals surface area (Å²) in [6.45, 7) is 10.7. The van der Waals surface area contributed by atoms with Gasteiger partial charge in [0.25, 0.3) is 0 Å². The van der Waals surface area contributed by atoms with Gasteiger partial charge in [-0.05, 0) is 38.5 Å². The fourth-order valence-electron chi connectivity index (χ4n) is 2.37. The smallest absolute Gasteiger partial charge is 0.317 e. The molecule has 110 valence electrons. The van der Waals surface area contributed by atoms with E-state index in [-0.39, 0.29) is 11.6 Å². The highest BCUT2D eigenvalue weighted by atomic mass is 16.2. The second kappa shape index (κ2) is 6.22. The van der Waals surface area contributed by atoms with Crippen molar-refractivity contribution in [2.24, 2.45) is 0 Å². The molecule has 0 spiro atoms. The van der Waals surface area contributed by atoms with E-state index in [2.05, 4.69) is 36.0 Å². The SMILES string of the molecule is CC(C)(C)N1CCN(C(=O)NCc2ccncc2)CC1. The van der Waals surface area contributed by atoms with Crippen molar-refractivity contribution >= 4 is 6.03 Å². The molecule has 2 rings (SSSR count). The van der Waals surface area contributed by atoms with Gasteiger partial charge in [0.05, 0.1) is 0 Å². The standard InChI is InChI=1S/C15H24N4O/c1-15(2,3)19-10-8-18(9-11-19)14(20)17-12-13-4-6-16-7-5-13/h4-7H,8-12H2,1-3H3,(H,17,20). The summed E-state index contributed by atoms with van der Waals surface area (Å²) < 4.78 is 0. The number of piperazine rings is 1. The molecule has 0 radical (unpaired) electrons. The quantitative estimate of drug-likeness (QED) is 0.894. The predicted octanol–water partition coefficient (Wildman–Crippen LogP) is 1.71. The topological polar surface area (TPSA) is 48.5 Å². The number of aromatic nitrogens is 1. The molecule has 1 N–H and O–H groups in total. The molecule has 1 aromatic rings. The van der Waals surface area contributed by atoms with Crippen molar-refractivity contribution in [2.75, 3.05) is 26.2 Å².